The van der Waals surface area contributed by atoms with Gasteiger partial charge in [-0.2, -0.15) is 0 Å². The number of aliphatic hydroxyl groups is 1. The Morgan fingerprint density at radius 3 is 0.929 bits per heavy atom. The average Bonchev–Trinajstić information content (AvgIpc) is 3.36. The van der Waals surface area contributed by atoms with Gasteiger partial charge in [0.2, 0.25) is 0 Å². The van der Waals surface area contributed by atoms with Gasteiger partial charge in [-0.25, -0.2) is 0 Å². The first-order chi connectivity index (χ1) is 34.6. The summed E-state index contributed by atoms with van der Waals surface area (Å²) in [6.07, 6.45) is 90.6. The van der Waals surface area contributed by atoms with Crippen LogP contribution in [0.2, 0.25) is 0 Å². The first kappa shape index (κ1) is 65.5. The number of ether oxygens (including phenoxy) is 2. The van der Waals surface area contributed by atoms with E-state index in [1.807, 2.05) is 0 Å². The fourth-order valence-electron chi connectivity index (χ4n) is 7.12. The van der Waals surface area contributed by atoms with Crippen LogP contribution in [0.15, 0.2) is 158 Å². The van der Waals surface area contributed by atoms with Gasteiger partial charge in [0.1, 0.15) is 6.61 Å². The van der Waals surface area contributed by atoms with Gasteiger partial charge in [0.15, 0.2) is 6.10 Å². The fourth-order valence-corrected chi connectivity index (χ4v) is 7.12. The molecular formula is C65H102O5. The summed E-state index contributed by atoms with van der Waals surface area (Å²) in [6.45, 7) is 3.97. The van der Waals surface area contributed by atoms with Crippen molar-refractivity contribution in [3.8, 4) is 0 Å². The van der Waals surface area contributed by atoms with Crippen molar-refractivity contribution in [1.29, 1.82) is 0 Å². The highest BCUT2D eigenvalue weighted by Crippen LogP contribution is 2.13. The van der Waals surface area contributed by atoms with Crippen molar-refractivity contribution in [2.24, 2.45) is 0 Å². The Labute approximate surface area is 430 Å². The monoisotopic (exact) mass is 963 g/mol. The van der Waals surface area contributed by atoms with E-state index in [9.17, 15) is 14.7 Å². The summed E-state index contributed by atoms with van der Waals surface area (Å²) in [6, 6.07) is 0. The van der Waals surface area contributed by atoms with Crippen LogP contribution in [0.3, 0.4) is 0 Å². The zero-order valence-corrected chi connectivity index (χ0v) is 44.7. The maximum Gasteiger partial charge on any atom is 0.306 e. The second-order valence-electron chi connectivity index (χ2n) is 17.9. The molecule has 70 heavy (non-hydrogen) atoms. The van der Waals surface area contributed by atoms with E-state index < -0.39 is 6.10 Å². The van der Waals surface area contributed by atoms with Gasteiger partial charge >= 0.3 is 11.9 Å². The molecule has 0 aliphatic carbocycles. The van der Waals surface area contributed by atoms with E-state index in [2.05, 4.69) is 172 Å². The summed E-state index contributed by atoms with van der Waals surface area (Å²) >= 11 is 0. The number of aliphatic hydroxyl groups excluding tert-OH is 1. The summed E-state index contributed by atoms with van der Waals surface area (Å²) in [5.41, 5.74) is 0. The van der Waals surface area contributed by atoms with Crippen LogP contribution < -0.4 is 0 Å². The smallest absolute Gasteiger partial charge is 0.306 e. The van der Waals surface area contributed by atoms with Gasteiger partial charge in [0.05, 0.1) is 6.61 Å². The molecule has 5 nitrogen and oxygen atoms in total. The normalized spacial score (nSPS) is 13.5. The third-order valence-corrected chi connectivity index (χ3v) is 11.3. The van der Waals surface area contributed by atoms with Crippen molar-refractivity contribution < 1.29 is 24.2 Å². The van der Waals surface area contributed by atoms with Crippen LogP contribution in [0, 0.1) is 0 Å². The van der Waals surface area contributed by atoms with Crippen molar-refractivity contribution >= 4 is 11.9 Å². The number of rotatable bonds is 49. The van der Waals surface area contributed by atoms with Crippen molar-refractivity contribution in [2.75, 3.05) is 13.2 Å². The molecule has 0 radical (unpaired) electrons. The summed E-state index contributed by atoms with van der Waals surface area (Å²) < 4.78 is 10.7. The maximum atomic E-state index is 12.3. The predicted molar refractivity (Wildman–Crippen MR) is 306 cm³/mol. The molecule has 0 aliphatic heterocycles. The molecule has 5 heteroatoms. The van der Waals surface area contributed by atoms with Crippen LogP contribution >= 0.6 is 0 Å². The zero-order chi connectivity index (χ0) is 50.6. The summed E-state index contributed by atoms with van der Waals surface area (Å²) in [4.78, 5) is 24.5. The minimum Gasteiger partial charge on any atom is -0.462 e. The van der Waals surface area contributed by atoms with Crippen molar-refractivity contribution in [2.45, 2.75) is 225 Å². The van der Waals surface area contributed by atoms with E-state index in [1.54, 1.807) is 0 Å². The summed E-state index contributed by atoms with van der Waals surface area (Å²) in [5.74, 6) is -0.633. The van der Waals surface area contributed by atoms with E-state index in [0.29, 0.717) is 12.8 Å². The van der Waals surface area contributed by atoms with Crippen molar-refractivity contribution in [3.63, 3.8) is 0 Å². The Bertz CT molecular complexity index is 1560. The Morgan fingerprint density at radius 1 is 0.343 bits per heavy atom. The molecule has 0 aromatic rings. The van der Waals surface area contributed by atoms with Crippen LogP contribution in [0.1, 0.15) is 219 Å². The van der Waals surface area contributed by atoms with Crippen molar-refractivity contribution in [1.82, 2.24) is 0 Å². The highest BCUT2D eigenvalue weighted by Gasteiger charge is 2.16. The van der Waals surface area contributed by atoms with E-state index in [1.165, 1.54) is 51.4 Å². The largest absolute Gasteiger partial charge is 0.462 e. The lowest BCUT2D eigenvalue weighted by atomic mass is 10.1. The van der Waals surface area contributed by atoms with Crippen LogP contribution in [-0.2, 0) is 19.1 Å². The lowest BCUT2D eigenvalue weighted by Crippen LogP contribution is -2.28. The topological polar surface area (TPSA) is 72.8 Å². The second kappa shape index (κ2) is 58.8. The molecule has 0 rings (SSSR count). The molecule has 0 bridgehead atoms. The molecule has 0 fully saturated rings. The van der Waals surface area contributed by atoms with Crippen LogP contribution in [0.4, 0.5) is 0 Å². The van der Waals surface area contributed by atoms with Crippen LogP contribution in [0.25, 0.3) is 0 Å². The fraction of sp³-hybridized carbons (Fsp3) is 0.569. The molecule has 0 heterocycles. The third-order valence-electron chi connectivity index (χ3n) is 11.3. The second-order valence-corrected chi connectivity index (χ2v) is 17.9. The minimum absolute atomic E-state index is 0.0876. The predicted octanol–water partition coefficient (Wildman–Crippen LogP) is 19.2. The zero-order valence-electron chi connectivity index (χ0n) is 44.7. The molecule has 1 N–H and O–H groups in total. The molecule has 0 saturated carbocycles. The molecule has 1 unspecified atom stereocenters. The maximum absolute atomic E-state index is 12.3. The Morgan fingerprint density at radius 2 is 0.614 bits per heavy atom. The van der Waals surface area contributed by atoms with Gasteiger partial charge in [-0.15, -0.1) is 0 Å². The number of esters is 2. The van der Waals surface area contributed by atoms with E-state index in [-0.39, 0.29) is 25.2 Å². The molecule has 0 aromatic heterocycles. The lowest BCUT2D eigenvalue weighted by molar-refractivity contribution is -0.161. The number of allylic oxidation sites excluding steroid dienone is 26. The molecular weight excluding hydrogens is 861 g/mol. The molecule has 1 atom stereocenters. The standard InChI is InChI=1S/C65H102O5/c1-3-5-7-9-11-13-15-17-19-21-22-23-24-25-26-27-28-29-30-31-32-33-34-35-36-37-38-39-40-41-42-44-46-48-50-52-54-56-58-60-65(68)70-63(61-66)62-69-64(67)59-57-55-53-51-49-47-45-43-20-18-16-14-12-10-8-6-4-2/h5,7,11-14,17-20,22-23,25-26,28-29,31-32,34-35,37-38,40-41,44,46,63,66H,3-4,6,8-10,15-16,21,24,27,30,33,36,39,42-43,45,47-62H2,1-2H3/b7-5-,13-11-,14-12-,19-17-,20-18-,23-22-,26-25-,29-28-,32-31-,35-34-,38-37-,41-40-,46-44-. The van der Waals surface area contributed by atoms with Gasteiger partial charge in [-0.1, -0.05) is 236 Å². The lowest BCUT2D eigenvalue weighted by Gasteiger charge is -2.15. The summed E-state index contributed by atoms with van der Waals surface area (Å²) in [7, 11) is 0. The first-order valence-electron chi connectivity index (χ1n) is 28.0. The average molecular weight is 964 g/mol. The highest BCUT2D eigenvalue weighted by molar-refractivity contribution is 5.70. The molecule has 0 amide bonds. The van der Waals surface area contributed by atoms with Crippen molar-refractivity contribution in [3.05, 3.63) is 158 Å². The van der Waals surface area contributed by atoms with Gasteiger partial charge in [-0.05, 0) is 128 Å². The van der Waals surface area contributed by atoms with Gasteiger partial charge in [-0.3, -0.25) is 9.59 Å². The number of hydrogen-bond acceptors (Lipinski definition) is 5. The van der Waals surface area contributed by atoms with Gasteiger partial charge in [0, 0.05) is 12.8 Å². The molecule has 392 valence electrons. The Balaban J connectivity index is 3.67. The highest BCUT2D eigenvalue weighted by atomic mass is 16.6. The number of carbonyl (C=O) groups is 2. The Kier molecular flexibility index (Phi) is 55.1. The van der Waals surface area contributed by atoms with E-state index >= 15 is 0 Å². The molecule has 0 aliphatic rings. The van der Waals surface area contributed by atoms with Gasteiger partial charge in [0.25, 0.3) is 0 Å². The SMILES string of the molecule is CC/C=C\C/C=C\C/C=C\C/C=C\C/C=C\C/C=C\C/C=C\C/C=C\C/C=C\C/C=C\C/C=C\CCCCCCCC(=O)OC(CO)COC(=O)CCCCCCCCC/C=C\C/C=C\CCCCC. The molecule has 0 saturated heterocycles. The van der Waals surface area contributed by atoms with E-state index in [0.717, 1.165) is 141 Å². The quantitative estimate of drug-likeness (QED) is 0.0374. The number of hydrogen-bond donors (Lipinski definition) is 1. The van der Waals surface area contributed by atoms with E-state index in [4.69, 9.17) is 9.47 Å². The first-order valence-corrected chi connectivity index (χ1v) is 28.0. The van der Waals surface area contributed by atoms with Crippen LogP contribution in [-0.4, -0.2) is 36.4 Å². The summed E-state index contributed by atoms with van der Waals surface area (Å²) in [5, 5.41) is 9.63. The number of unbranched alkanes of at least 4 members (excludes halogenated alkanes) is 15. The third kappa shape index (κ3) is 56.1. The number of carbonyl (C=O) groups excluding carboxylic acids is 2. The Hall–Kier alpha value is -4.48. The van der Waals surface area contributed by atoms with Crippen LogP contribution in [0.5, 0.6) is 0 Å². The molecule has 0 aromatic carbocycles. The van der Waals surface area contributed by atoms with Gasteiger partial charge < -0.3 is 14.6 Å². The molecule has 0 spiro atoms. The minimum atomic E-state index is -0.798.